The van der Waals surface area contributed by atoms with E-state index in [2.05, 4.69) is 14.7 Å². The van der Waals surface area contributed by atoms with Gasteiger partial charge in [-0.3, -0.25) is 9.59 Å². The monoisotopic (exact) mass is 322 g/mol. The lowest BCUT2D eigenvalue weighted by Gasteiger charge is -2.09. The van der Waals surface area contributed by atoms with Gasteiger partial charge in [-0.15, -0.1) is 0 Å². The summed E-state index contributed by atoms with van der Waals surface area (Å²) in [5.74, 6) is -0.387. The van der Waals surface area contributed by atoms with Crippen LogP contribution in [0.15, 0.2) is 50.6 Å². The van der Waals surface area contributed by atoms with Gasteiger partial charge in [0, 0.05) is 22.7 Å². The summed E-state index contributed by atoms with van der Waals surface area (Å²) in [4.78, 5) is 38.1. The number of nitrogens with one attached hydrogen (secondary N) is 2. The van der Waals surface area contributed by atoms with Crippen LogP contribution in [0.2, 0.25) is 0 Å². The van der Waals surface area contributed by atoms with Gasteiger partial charge < -0.3 is 14.7 Å². The molecule has 0 saturated carbocycles. The Morgan fingerprint density at radius 3 is 2.71 bits per heavy atom. The maximum atomic E-state index is 12.2. The van der Waals surface area contributed by atoms with Crippen LogP contribution in [0.1, 0.15) is 27.9 Å². The zero-order valence-electron chi connectivity index (χ0n) is 12.7. The first-order valence-electron chi connectivity index (χ1n) is 7.70. The summed E-state index contributed by atoms with van der Waals surface area (Å²) in [5, 5.41) is 3.75. The van der Waals surface area contributed by atoms with Gasteiger partial charge >= 0.3 is 5.63 Å². The molecule has 1 aliphatic rings. The maximum absolute atomic E-state index is 12.2. The van der Waals surface area contributed by atoms with Gasteiger partial charge in [0.25, 0.3) is 11.5 Å². The van der Waals surface area contributed by atoms with Crippen LogP contribution >= 0.6 is 0 Å². The highest BCUT2D eigenvalue weighted by atomic mass is 16.4. The molecule has 4 rings (SSSR count). The second kappa shape index (κ2) is 5.49. The number of benzene rings is 1. The van der Waals surface area contributed by atoms with Crippen LogP contribution in [-0.4, -0.2) is 10.9 Å². The van der Waals surface area contributed by atoms with Crippen molar-refractivity contribution in [2.24, 2.45) is 0 Å². The number of hydrogen-bond donors (Lipinski definition) is 2. The molecule has 1 aliphatic carbocycles. The quantitative estimate of drug-likeness (QED) is 0.756. The van der Waals surface area contributed by atoms with Crippen molar-refractivity contribution in [1.29, 1.82) is 0 Å². The Balaban J connectivity index is 1.69. The summed E-state index contributed by atoms with van der Waals surface area (Å²) in [6.45, 7) is 0. The molecule has 0 aliphatic heterocycles. The fraction of sp³-hybridized carbons (Fsp3) is 0.167. The average Bonchev–Trinajstić information content (AvgIpc) is 3.06. The van der Waals surface area contributed by atoms with Gasteiger partial charge in [-0.1, -0.05) is 6.07 Å². The van der Waals surface area contributed by atoms with Crippen LogP contribution in [0, 0.1) is 0 Å². The van der Waals surface area contributed by atoms with E-state index in [-0.39, 0.29) is 17.0 Å². The van der Waals surface area contributed by atoms with Crippen LogP contribution in [0.3, 0.4) is 0 Å². The molecule has 6 nitrogen and oxygen atoms in total. The number of hydrogen-bond acceptors (Lipinski definition) is 4. The molecule has 1 amide bonds. The van der Waals surface area contributed by atoms with E-state index in [0.717, 1.165) is 42.0 Å². The molecule has 0 radical (unpaired) electrons. The summed E-state index contributed by atoms with van der Waals surface area (Å²) in [6.07, 6.45) is 3.84. The minimum absolute atomic E-state index is 0.0525. The zero-order valence-corrected chi connectivity index (χ0v) is 12.7. The number of aryl methyl sites for hydroxylation is 1. The van der Waals surface area contributed by atoms with E-state index in [1.807, 2.05) is 6.07 Å². The first-order valence-corrected chi connectivity index (χ1v) is 7.70. The molecule has 0 saturated heterocycles. The number of H-pyrrole nitrogens is 1. The molecule has 0 unspecified atom stereocenters. The lowest BCUT2D eigenvalue weighted by Crippen LogP contribution is -2.14. The molecule has 0 fully saturated rings. The van der Waals surface area contributed by atoms with Gasteiger partial charge in [-0.2, -0.15) is 0 Å². The highest BCUT2D eigenvalue weighted by molar-refractivity contribution is 6.04. The largest absolute Gasteiger partial charge is 0.430 e. The van der Waals surface area contributed by atoms with Gasteiger partial charge in [-0.05, 0) is 43.0 Å². The number of carbonyl (C=O) groups excluding carboxylic acids is 1. The fourth-order valence-electron chi connectivity index (χ4n) is 3.17. The Hall–Kier alpha value is -3.15. The minimum Gasteiger partial charge on any atom is -0.430 e. The lowest BCUT2D eigenvalue weighted by molar-refractivity contribution is 0.102. The van der Waals surface area contributed by atoms with Gasteiger partial charge in [0.1, 0.15) is 6.26 Å². The summed E-state index contributed by atoms with van der Waals surface area (Å²) in [5.41, 5.74) is 2.93. The molecule has 0 bridgehead atoms. The minimum atomic E-state index is -0.510. The van der Waals surface area contributed by atoms with Gasteiger partial charge in [-0.25, -0.2) is 4.79 Å². The summed E-state index contributed by atoms with van der Waals surface area (Å²) < 4.78 is 4.69. The second-order valence-electron chi connectivity index (χ2n) is 5.82. The van der Waals surface area contributed by atoms with Crippen molar-refractivity contribution in [2.45, 2.75) is 19.3 Å². The molecule has 120 valence electrons. The molecule has 24 heavy (non-hydrogen) atoms. The van der Waals surface area contributed by atoms with Crippen LogP contribution in [-0.2, 0) is 12.8 Å². The van der Waals surface area contributed by atoms with Crippen molar-refractivity contribution in [3.05, 3.63) is 74.1 Å². The van der Waals surface area contributed by atoms with Crippen molar-refractivity contribution >= 4 is 22.5 Å². The number of pyridine rings is 1. The molecular formula is C18H14N2O4. The van der Waals surface area contributed by atoms with Gasteiger partial charge in [0.05, 0.1) is 11.1 Å². The predicted octanol–water partition coefficient (Wildman–Crippen LogP) is 2.22. The number of aromatic nitrogens is 1. The third-order valence-corrected chi connectivity index (χ3v) is 4.31. The number of fused-ring (bicyclic) bond motifs is 3. The maximum Gasteiger partial charge on any atom is 0.335 e. The molecule has 1 aromatic carbocycles. The topological polar surface area (TPSA) is 92.2 Å². The summed E-state index contributed by atoms with van der Waals surface area (Å²) in [6, 6.07) is 8.05. The van der Waals surface area contributed by atoms with Gasteiger partial charge in [0.2, 0.25) is 0 Å². The number of rotatable bonds is 2. The Labute approximate surface area is 136 Å². The normalized spacial score (nSPS) is 13.0. The van der Waals surface area contributed by atoms with Crippen molar-refractivity contribution in [2.75, 3.05) is 5.32 Å². The standard InChI is InChI=1S/C18H14N2O4/c21-16-7-4-10(9-24-16)17(22)19-11-5-6-13-12-2-1-3-14(12)18(23)20-15(13)8-11/h4-9H,1-3H2,(H,19,22)(H,20,23). The molecule has 3 aromatic rings. The third-order valence-electron chi connectivity index (χ3n) is 4.31. The number of anilines is 1. The Kier molecular flexibility index (Phi) is 3.30. The SMILES string of the molecule is O=C(Nc1ccc2c3c(c(=O)[nH]c2c1)CCC3)c1ccc(=O)oc1. The lowest BCUT2D eigenvalue weighted by atomic mass is 10.1. The van der Waals surface area contributed by atoms with E-state index in [1.54, 1.807) is 12.1 Å². The van der Waals surface area contributed by atoms with E-state index < -0.39 is 5.63 Å². The summed E-state index contributed by atoms with van der Waals surface area (Å²) >= 11 is 0. The third kappa shape index (κ3) is 2.42. The first kappa shape index (κ1) is 14.4. The van der Waals surface area contributed by atoms with Crippen LogP contribution in [0.25, 0.3) is 10.9 Å². The summed E-state index contributed by atoms with van der Waals surface area (Å²) in [7, 11) is 0. The molecule has 0 spiro atoms. The predicted molar refractivity (Wildman–Crippen MR) is 89.5 cm³/mol. The molecule has 0 atom stereocenters. The van der Waals surface area contributed by atoms with Gasteiger partial charge in [0.15, 0.2) is 0 Å². The number of carbonyl (C=O) groups is 1. The van der Waals surface area contributed by atoms with Crippen LogP contribution in [0.4, 0.5) is 5.69 Å². The number of amides is 1. The first-order chi connectivity index (χ1) is 11.6. The van der Waals surface area contributed by atoms with E-state index >= 15 is 0 Å². The van der Waals surface area contributed by atoms with Crippen molar-refractivity contribution in [1.82, 2.24) is 4.98 Å². The van der Waals surface area contributed by atoms with E-state index in [1.165, 1.54) is 12.1 Å². The average molecular weight is 322 g/mol. The Morgan fingerprint density at radius 1 is 1.08 bits per heavy atom. The van der Waals surface area contributed by atoms with E-state index in [0.29, 0.717) is 11.2 Å². The van der Waals surface area contributed by atoms with Crippen molar-refractivity contribution < 1.29 is 9.21 Å². The molecule has 2 heterocycles. The second-order valence-corrected chi connectivity index (χ2v) is 5.82. The Morgan fingerprint density at radius 2 is 1.92 bits per heavy atom. The van der Waals surface area contributed by atoms with Crippen molar-refractivity contribution in [3.63, 3.8) is 0 Å². The molecular weight excluding hydrogens is 308 g/mol. The fourth-order valence-corrected chi connectivity index (χ4v) is 3.17. The Bertz CT molecular complexity index is 1060. The van der Waals surface area contributed by atoms with Crippen LogP contribution in [0.5, 0.6) is 0 Å². The van der Waals surface area contributed by atoms with Crippen molar-refractivity contribution in [3.8, 4) is 0 Å². The highest BCUT2D eigenvalue weighted by Crippen LogP contribution is 2.27. The smallest absolute Gasteiger partial charge is 0.335 e. The van der Waals surface area contributed by atoms with Crippen LogP contribution < -0.4 is 16.5 Å². The number of aromatic amines is 1. The molecule has 2 aromatic heterocycles. The van der Waals surface area contributed by atoms with E-state index in [9.17, 15) is 14.4 Å². The molecule has 6 heteroatoms. The zero-order chi connectivity index (χ0) is 16.7. The molecule has 2 N–H and O–H groups in total. The highest BCUT2D eigenvalue weighted by Gasteiger charge is 2.18. The van der Waals surface area contributed by atoms with E-state index in [4.69, 9.17) is 0 Å².